The van der Waals surface area contributed by atoms with E-state index in [9.17, 15) is 0 Å². The van der Waals surface area contributed by atoms with E-state index < -0.39 is 0 Å². The minimum absolute atomic E-state index is 0.456. The van der Waals surface area contributed by atoms with Gasteiger partial charge in [0.2, 0.25) is 0 Å². The number of hydrogen-bond donors (Lipinski definition) is 5. The van der Waals surface area contributed by atoms with Crippen LogP contribution in [-0.4, -0.2) is 63.3 Å². The third kappa shape index (κ3) is 8.48. The minimum Gasteiger partial charge on any atom is -0.330 e. The van der Waals surface area contributed by atoms with Crippen LogP contribution in [0, 0.1) is 0 Å². The molecule has 0 radical (unpaired) electrons. The molecule has 0 fully saturated rings. The first-order valence-corrected chi connectivity index (χ1v) is 6.55. The van der Waals surface area contributed by atoms with Gasteiger partial charge >= 0.3 is 0 Å². The maximum absolute atomic E-state index is 5.63. The van der Waals surface area contributed by atoms with E-state index in [-0.39, 0.29) is 0 Å². The number of rotatable bonds is 12. The van der Waals surface area contributed by atoms with Crippen LogP contribution in [-0.2, 0) is 0 Å². The fourth-order valence-electron chi connectivity index (χ4n) is 1.95. The molecule has 0 bridgehead atoms. The third-order valence-corrected chi connectivity index (χ3v) is 2.79. The molecule has 0 spiro atoms. The summed E-state index contributed by atoms with van der Waals surface area (Å²) < 4.78 is 0. The zero-order valence-electron chi connectivity index (χ0n) is 10.9. The van der Waals surface area contributed by atoms with Crippen molar-refractivity contribution in [3.8, 4) is 0 Å². The summed E-state index contributed by atoms with van der Waals surface area (Å²) >= 11 is 0. The Labute approximate surface area is 105 Å². The molecule has 1 atom stereocenters. The molecule has 0 aromatic rings. The van der Waals surface area contributed by atoms with Gasteiger partial charge in [0.1, 0.15) is 0 Å². The third-order valence-electron chi connectivity index (χ3n) is 2.79. The van der Waals surface area contributed by atoms with Gasteiger partial charge in [-0.15, -0.1) is 0 Å². The van der Waals surface area contributed by atoms with E-state index in [0.717, 1.165) is 45.6 Å². The van der Waals surface area contributed by atoms with Crippen LogP contribution in [0.2, 0.25) is 0 Å². The van der Waals surface area contributed by atoms with Crippen LogP contribution in [0.4, 0.5) is 0 Å². The zero-order valence-corrected chi connectivity index (χ0v) is 10.9. The van der Waals surface area contributed by atoms with Crippen LogP contribution in [0.1, 0.15) is 12.8 Å². The van der Waals surface area contributed by atoms with Gasteiger partial charge in [0.05, 0.1) is 0 Å². The Balaban J connectivity index is 4.15. The number of hydrogen-bond acceptors (Lipinski definition) is 6. The molecule has 0 aliphatic heterocycles. The normalized spacial score (nSPS) is 13.2. The fourth-order valence-corrected chi connectivity index (χ4v) is 1.95. The van der Waals surface area contributed by atoms with E-state index in [4.69, 9.17) is 22.9 Å². The van der Waals surface area contributed by atoms with Gasteiger partial charge < -0.3 is 28.3 Å². The van der Waals surface area contributed by atoms with Crippen LogP contribution < -0.4 is 28.3 Å². The largest absolute Gasteiger partial charge is 0.330 e. The SMILES string of the molecule is NCCCC(CNCCN)N(CCN)CCN. The van der Waals surface area contributed by atoms with Crippen LogP contribution in [0.25, 0.3) is 0 Å². The van der Waals surface area contributed by atoms with E-state index >= 15 is 0 Å². The van der Waals surface area contributed by atoms with E-state index in [1.54, 1.807) is 0 Å². The second-order valence-electron chi connectivity index (χ2n) is 4.19. The maximum atomic E-state index is 5.63. The second kappa shape index (κ2) is 12.2. The van der Waals surface area contributed by atoms with Crippen LogP contribution in [0.15, 0.2) is 0 Å². The molecule has 0 aliphatic rings. The van der Waals surface area contributed by atoms with Crippen molar-refractivity contribution in [2.75, 3.05) is 52.4 Å². The molecule has 6 heteroatoms. The lowest BCUT2D eigenvalue weighted by Gasteiger charge is -2.31. The predicted molar refractivity (Wildman–Crippen MR) is 73.7 cm³/mol. The van der Waals surface area contributed by atoms with Gasteiger partial charge in [-0.3, -0.25) is 4.90 Å². The summed E-state index contributed by atoms with van der Waals surface area (Å²) in [5, 5.41) is 3.35. The highest BCUT2D eigenvalue weighted by molar-refractivity contribution is 4.75. The van der Waals surface area contributed by atoms with Gasteiger partial charge in [0.15, 0.2) is 0 Å². The molecule has 0 aliphatic carbocycles. The summed E-state index contributed by atoms with van der Waals surface area (Å²) in [5.74, 6) is 0. The number of nitrogens with zero attached hydrogens (tertiary/aromatic N) is 1. The first kappa shape index (κ1) is 16.8. The Morgan fingerprint density at radius 1 is 0.882 bits per heavy atom. The van der Waals surface area contributed by atoms with Gasteiger partial charge in [-0.05, 0) is 19.4 Å². The molecule has 0 saturated carbocycles. The van der Waals surface area contributed by atoms with Crippen molar-refractivity contribution in [1.29, 1.82) is 0 Å². The molecule has 1 unspecified atom stereocenters. The first-order chi connectivity index (χ1) is 8.29. The average molecular weight is 246 g/mol. The quantitative estimate of drug-likeness (QED) is 0.251. The Morgan fingerprint density at radius 2 is 1.53 bits per heavy atom. The Kier molecular flexibility index (Phi) is 12.1. The number of nitrogens with one attached hydrogen (secondary N) is 1. The zero-order chi connectivity index (χ0) is 12.9. The highest BCUT2D eigenvalue weighted by atomic mass is 15.2. The molecule has 0 aromatic carbocycles. The molecule has 9 N–H and O–H groups in total. The van der Waals surface area contributed by atoms with E-state index in [1.165, 1.54) is 0 Å². The van der Waals surface area contributed by atoms with Gasteiger partial charge in [0, 0.05) is 51.9 Å². The summed E-state index contributed by atoms with van der Waals surface area (Å²) in [6.07, 6.45) is 2.11. The number of nitrogens with two attached hydrogens (primary N) is 4. The summed E-state index contributed by atoms with van der Waals surface area (Å²) in [5.41, 5.74) is 22.3. The monoisotopic (exact) mass is 246 g/mol. The summed E-state index contributed by atoms with van der Waals surface area (Å²) in [7, 11) is 0. The van der Waals surface area contributed by atoms with E-state index in [0.29, 0.717) is 25.7 Å². The van der Waals surface area contributed by atoms with Crippen molar-refractivity contribution >= 4 is 0 Å². The van der Waals surface area contributed by atoms with Crippen molar-refractivity contribution in [2.45, 2.75) is 18.9 Å². The molecule has 0 saturated heterocycles. The molecule has 0 aromatic heterocycles. The maximum Gasteiger partial charge on any atom is 0.0222 e. The molecule has 104 valence electrons. The van der Waals surface area contributed by atoms with Crippen LogP contribution >= 0.6 is 0 Å². The first-order valence-electron chi connectivity index (χ1n) is 6.55. The van der Waals surface area contributed by atoms with Crippen molar-refractivity contribution in [1.82, 2.24) is 10.2 Å². The highest BCUT2D eigenvalue weighted by Gasteiger charge is 2.16. The Bertz CT molecular complexity index is 149. The summed E-state index contributed by atoms with van der Waals surface area (Å²) in [6.45, 7) is 6.26. The standard InChI is InChI=1S/C11H30N6/c12-3-1-2-11(10-16-7-4-13)17(8-5-14)9-6-15/h11,16H,1-10,12-15H2. The smallest absolute Gasteiger partial charge is 0.0222 e. The molecule has 0 rings (SSSR count). The molecule has 17 heavy (non-hydrogen) atoms. The molecule has 0 amide bonds. The van der Waals surface area contributed by atoms with E-state index in [2.05, 4.69) is 10.2 Å². The van der Waals surface area contributed by atoms with Gasteiger partial charge in [-0.1, -0.05) is 0 Å². The molecule has 0 heterocycles. The lowest BCUT2D eigenvalue weighted by Crippen LogP contribution is -2.47. The fraction of sp³-hybridized carbons (Fsp3) is 1.00. The van der Waals surface area contributed by atoms with E-state index in [1.807, 2.05) is 0 Å². The highest BCUT2D eigenvalue weighted by Crippen LogP contribution is 2.05. The van der Waals surface area contributed by atoms with Gasteiger partial charge in [0.25, 0.3) is 0 Å². The van der Waals surface area contributed by atoms with Crippen LogP contribution in [0.3, 0.4) is 0 Å². The van der Waals surface area contributed by atoms with Gasteiger partial charge in [-0.2, -0.15) is 0 Å². The van der Waals surface area contributed by atoms with Crippen molar-refractivity contribution in [2.24, 2.45) is 22.9 Å². The molecular formula is C11H30N6. The minimum atomic E-state index is 0.456. The Morgan fingerprint density at radius 3 is 2.00 bits per heavy atom. The molecular weight excluding hydrogens is 216 g/mol. The lowest BCUT2D eigenvalue weighted by atomic mass is 10.1. The van der Waals surface area contributed by atoms with Gasteiger partial charge in [-0.25, -0.2) is 0 Å². The predicted octanol–water partition coefficient (Wildman–Crippen LogP) is -2.14. The summed E-state index contributed by atoms with van der Waals surface area (Å²) in [4.78, 5) is 2.35. The summed E-state index contributed by atoms with van der Waals surface area (Å²) in [6, 6.07) is 0.456. The van der Waals surface area contributed by atoms with Crippen molar-refractivity contribution in [3.05, 3.63) is 0 Å². The average Bonchev–Trinajstić information content (AvgIpc) is 2.33. The molecule has 6 nitrogen and oxygen atoms in total. The van der Waals surface area contributed by atoms with Crippen LogP contribution in [0.5, 0.6) is 0 Å². The topological polar surface area (TPSA) is 119 Å². The van der Waals surface area contributed by atoms with Crippen molar-refractivity contribution in [3.63, 3.8) is 0 Å². The van der Waals surface area contributed by atoms with Crippen molar-refractivity contribution < 1.29 is 0 Å². The lowest BCUT2D eigenvalue weighted by molar-refractivity contribution is 0.190. The second-order valence-corrected chi connectivity index (χ2v) is 4.19. The Hall–Kier alpha value is -0.240.